The van der Waals surface area contributed by atoms with Gasteiger partial charge in [0.15, 0.2) is 5.76 Å². The largest absolute Gasteiger partial charge is 0.487 e. The third kappa shape index (κ3) is 3.45. The Labute approximate surface area is 143 Å². The molecule has 2 aromatic carbocycles. The van der Waals surface area contributed by atoms with Crippen LogP contribution in [0.2, 0.25) is 0 Å². The zero-order valence-electron chi connectivity index (χ0n) is 13.6. The van der Waals surface area contributed by atoms with Gasteiger partial charge in [0.25, 0.3) is 0 Å². The average molecular weight is 336 g/mol. The Kier molecular flexibility index (Phi) is 4.66. The standard InChI is InChI=1S/C20H16O5/c1-2-24-19-17(10-8-13-6-4-3-5-7-13)25-16-11-9-14(20(22)23)12-15(16)18(19)21/h3-12H,2H2,1H3,(H,22,23). The number of benzene rings is 2. The molecule has 1 N–H and O–H groups in total. The van der Waals surface area contributed by atoms with Crippen molar-refractivity contribution in [2.45, 2.75) is 6.92 Å². The molecule has 0 atom stereocenters. The summed E-state index contributed by atoms with van der Waals surface area (Å²) in [5.74, 6) is -0.733. The van der Waals surface area contributed by atoms with Crippen LogP contribution < -0.4 is 10.2 Å². The summed E-state index contributed by atoms with van der Waals surface area (Å²) in [5, 5.41) is 9.28. The van der Waals surface area contributed by atoms with Crippen molar-refractivity contribution >= 4 is 29.1 Å². The zero-order chi connectivity index (χ0) is 17.8. The number of hydrogen-bond donors (Lipinski definition) is 1. The molecule has 0 aliphatic carbocycles. The van der Waals surface area contributed by atoms with Crippen molar-refractivity contribution in [1.82, 2.24) is 0 Å². The minimum absolute atomic E-state index is 0.0230. The van der Waals surface area contributed by atoms with Gasteiger partial charge in [-0.1, -0.05) is 36.4 Å². The predicted molar refractivity (Wildman–Crippen MR) is 96.0 cm³/mol. The van der Waals surface area contributed by atoms with E-state index in [1.807, 2.05) is 36.4 Å². The van der Waals surface area contributed by atoms with Gasteiger partial charge in [-0.3, -0.25) is 4.79 Å². The van der Waals surface area contributed by atoms with E-state index in [4.69, 9.17) is 14.3 Å². The first-order chi connectivity index (χ1) is 12.1. The van der Waals surface area contributed by atoms with Crippen LogP contribution in [-0.2, 0) is 0 Å². The van der Waals surface area contributed by atoms with E-state index in [-0.39, 0.29) is 22.1 Å². The molecule has 1 aromatic heterocycles. The summed E-state index contributed by atoms with van der Waals surface area (Å²) in [6, 6.07) is 13.8. The van der Waals surface area contributed by atoms with Crippen molar-refractivity contribution in [2.24, 2.45) is 0 Å². The molecule has 0 saturated heterocycles. The summed E-state index contributed by atoms with van der Waals surface area (Å²) in [7, 11) is 0. The van der Waals surface area contributed by atoms with Crippen molar-refractivity contribution in [3.8, 4) is 5.75 Å². The van der Waals surface area contributed by atoms with Crippen LogP contribution in [-0.4, -0.2) is 17.7 Å². The minimum atomic E-state index is -1.10. The number of carbonyl (C=O) groups is 1. The lowest BCUT2D eigenvalue weighted by atomic mass is 10.1. The monoisotopic (exact) mass is 336 g/mol. The molecule has 25 heavy (non-hydrogen) atoms. The van der Waals surface area contributed by atoms with E-state index in [0.717, 1.165) is 5.56 Å². The summed E-state index contributed by atoms with van der Waals surface area (Å²) < 4.78 is 11.2. The molecule has 0 bridgehead atoms. The molecular weight excluding hydrogens is 320 g/mol. The third-order valence-corrected chi connectivity index (χ3v) is 3.64. The lowest BCUT2D eigenvalue weighted by Gasteiger charge is -2.08. The lowest BCUT2D eigenvalue weighted by molar-refractivity contribution is 0.0697. The Morgan fingerprint density at radius 3 is 2.60 bits per heavy atom. The van der Waals surface area contributed by atoms with Gasteiger partial charge >= 0.3 is 5.97 Å². The molecule has 5 heteroatoms. The van der Waals surface area contributed by atoms with Crippen molar-refractivity contribution in [1.29, 1.82) is 0 Å². The molecule has 0 spiro atoms. The van der Waals surface area contributed by atoms with Gasteiger partial charge in [-0.25, -0.2) is 4.79 Å². The minimum Gasteiger partial charge on any atom is -0.487 e. The maximum atomic E-state index is 12.7. The number of carboxylic acids is 1. The molecule has 3 aromatic rings. The first-order valence-corrected chi connectivity index (χ1v) is 7.80. The van der Waals surface area contributed by atoms with E-state index in [9.17, 15) is 9.59 Å². The fraction of sp³-hybridized carbons (Fsp3) is 0.100. The number of ether oxygens (including phenoxy) is 1. The molecule has 0 aliphatic rings. The molecule has 0 amide bonds. The number of rotatable bonds is 5. The summed E-state index contributed by atoms with van der Waals surface area (Å²) in [5.41, 5.74) is 0.897. The smallest absolute Gasteiger partial charge is 0.335 e. The molecule has 0 radical (unpaired) electrons. The van der Waals surface area contributed by atoms with Crippen LogP contribution in [0.3, 0.4) is 0 Å². The Morgan fingerprint density at radius 2 is 1.92 bits per heavy atom. The summed E-state index contributed by atoms with van der Waals surface area (Å²) in [4.78, 5) is 23.8. The molecule has 5 nitrogen and oxygen atoms in total. The Balaban J connectivity index is 2.16. The highest BCUT2D eigenvalue weighted by atomic mass is 16.5. The fourth-order valence-electron chi connectivity index (χ4n) is 2.46. The lowest BCUT2D eigenvalue weighted by Crippen LogP contribution is -2.10. The maximum Gasteiger partial charge on any atom is 0.335 e. The van der Waals surface area contributed by atoms with Gasteiger partial charge in [0.05, 0.1) is 17.6 Å². The third-order valence-electron chi connectivity index (χ3n) is 3.64. The van der Waals surface area contributed by atoms with Gasteiger partial charge < -0.3 is 14.3 Å². The first-order valence-electron chi connectivity index (χ1n) is 7.80. The molecule has 0 aliphatic heterocycles. The van der Waals surface area contributed by atoms with Gasteiger partial charge in [-0.05, 0) is 36.8 Å². The van der Waals surface area contributed by atoms with Crippen LogP contribution in [0.25, 0.3) is 23.1 Å². The van der Waals surface area contributed by atoms with Crippen LogP contribution in [0.5, 0.6) is 5.75 Å². The predicted octanol–water partition coefficient (Wildman–Crippen LogP) is 4.06. The van der Waals surface area contributed by atoms with Gasteiger partial charge in [0.1, 0.15) is 5.58 Å². The second kappa shape index (κ2) is 7.05. The quantitative estimate of drug-likeness (QED) is 0.760. The molecular formula is C20H16O5. The topological polar surface area (TPSA) is 76.7 Å². The van der Waals surface area contributed by atoms with Crippen molar-refractivity contribution in [3.63, 3.8) is 0 Å². The molecule has 0 saturated carbocycles. The van der Waals surface area contributed by atoms with E-state index < -0.39 is 5.97 Å². The van der Waals surface area contributed by atoms with Crippen molar-refractivity contribution in [3.05, 3.63) is 75.6 Å². The number of carboxylic acid groups (broad SMARTS) is 1. The molecule has 0 fully saturated rings. The highest BCUT2D eigenvalue weighted by Crippen LogP contribution is 2.24. The van der Waals surface area contributed by atoms with Gasteiger partial charge in [-0.15, -0.1) is 0 Å². The molecule has 126 valence electrons. The van der Waals surface area contributed by atoms with Crippen LogP contribution in [0, 0.1) is 0 Å². The fourth-order valence-corrected chi connectivity index (χ4v) is 2.46. The molecule has 0 unspecified atom stereocenters. The van der Waals surface area contributed by atoms with Crippen LogP contribution in [0.15, 0.2) is 57.7 Å². The first kappa shape index (κ1) is 16.5. The van der Waals surface area contributed by atoms with Crippen LogP contribution in [0.1, 0.15) is 28.6 Å². The Morgan fingerprint density at radius 1 is 1.16 bits per heavy atom. The van der Waals surface area contributed by atoms with E-state index >= 15 is 0 Å². The van der Waals surface area contributed by atoms with Gasteiger partial charge in [0.2, 0.25) is 11.2 Å². The van der Waals surface area contributed by atoms with Gasteiger partial charge in [-0.2, -0.15) is 0 Å². The number of fused-ring (bicyclic) bond motifs is 1. The normalized spacial score (nSPS) is 11.1. The number of hydrogen-bond acceptors (Lipinski definition) is 4. The van der Waals surface area contributed by atoms with Crippen LogP contribution >= 0.6 is 0 Å². The second-order valence-corrected chi connectivity index (χ2v) is 5.32. The summed E-state index contributed by atoms with van der Waals surface area (Å²) >= 11 is 0. The molecule has 1 heterocycles. The van der Waals surface area contributed by atoms with Crippen LogP contribution in [0.4, 0.5) is 0 Å². The van der Waals surface area contributed by atoms with E-state index in [1.165, 1.54) is 18.2 Å². The van der Waals surface area contributed by atoms with E-state index in [0.29, 0.717) is 18.0 Å². The van der Waals surface area contributed by atoms with E-state index in [1.54, 1.807) is 13.0 Å². The Hall–Kier alpha value is -3.34. The second-order valence-electron chi connectivity index (χ2n) is 5.32. The SMILES string of the molecule is CCOc1c(C=Cc2ccccc2)oc2ccc(C(=O)O)cc2c1=O. The van der Waals surface area contributed by atoms with Crippen molar-refractivity contribution in [2.75, 3.05) is 6.61 Å². The Bertz CT molecular complexity index is 1000. The van der Waals surface area contributed by atoms with Crippen molar-refractivity contribution < 1.29 is 19.1 Å². The average Bonchev–Trinajstić information content (AvgIpc) is 2.63. The maximum absolute atomic E-state index is 12.7. The zero-order valence-corrected chi connectivity index (χ0v) is 13.6. The molecule has 3 rings (SSSR count). The summed E-state index contributed by atoms with van der Waals surface area (Å²) in [6.07, 6.45) is 3.49. The summed E-state index contributed by atoms with van der Waals surface area (Å²) in [6.45, 7) is 2.06. The highest BCUT2D eigenvalue weighted by molar-refractivity contribution is 5.93. The highest BCUT2D eigenvalue weighted by Gasteiger charge is 2.15. The number of aromatic carboxylic acids is 1. The van der Waals surface area contributed by atoms with Gasteiger partial charge in [0, 0.05) is 0 Å². The van der Waals surface area contributed by atoms with E-state index in [2.05, 4.69) is 0 Å².